The summed E-state index contributed by atoms with van der Waals surface area (Å²) < 4.78 is 5.59. The molecular weight excluding hydrogens is 178 g/mol. The second-order valence-electron chi connectivity index (χ2n) is 4.19. The third-order valence-electron chi connectivity index (χ3n) is 3.49. The van der Waals surface area contributed by atoms with E-state index in [0.29, 0.717) is 0 Å². The van der Waals surface area contributed by atoms with E-state index in [0.717, 1.165) is 32.1 Å². The van der Waals surface area contributed by atoms with Crippen LogP contribution in [0.25, 0.3) is 0 Å². The molecule has 0 aromatic rings. The van der Waals surface area contributed by atoms with Gasteiger partial charge in [-0.2, -0.15) is 0 Å². The second kappa shape index (κ2) is 4.78. The monoisotopic (exact) mass is 199 g/mol. The van der Waals surface area contributed by atoms with Crippen molar-refractivity contribution in [2.75, 3.05) is 7.11 Å². The second-order valence-corrected chi connectivity index (χ2v) is 4.19. The lowest BCUT2D eigenvalue weighted by atomic mass is 9.74. The highest BCUT2D eigenvalue weighted by Crippen LogP contribution is 2.38. The van der Waals surface area contributed by atoms with Gasteiger partial charge >= 0.3 is 0 Å². The fraction of sp³-hybridized carbons (Fsp3) is 0.909. The van der Waals surface area contributed by atoms with Gasteiger partial charge in [0.1, 0.15) is 0 Å². The lowest BCUT2D eigenvalue weighted by molar-refractivity contribution is -0.139. The molecule has 14 heavy (non-hydrogen) atoms. The Hall–Kier alpha value is -0.570. The molecule has 0 bridgehead atoms. The molecule has 0 spiro atoms. The average molecular weight is 199 g/mol. The van der Waals surface area contributed by atoms with Crippen LogP contribution in [-0.4, -0.2) is 18.6 Å². The normalized spacial score (nSPS) is 23.0. The number of nitrogens with two attached hydrogens (primary N) is 1. The molecule has 0 aromatic heterocycles. The molecule has 2 N–H and O–H groups in total. The molecule has 1 unspecified atom stereocenters. The summed E-state index contributed by atoms with van der Waals surface area (Å²) in [6.07, 6.45) is 6.29. The van der Waals surface area contributed by atoms with Crippen molar-refractivity contribution in [3.63, 3.8) is 0 Å². The maximum Gasteiger partial charge on any atom is 0.223 e. The number of rotatable bonds is 4. The van der Waals surface area contributed by atoms with Crippen LogP contribution in [-0.2, 0) is 9.53 Å². The average Bonchev–Trinajstić information content (AvgIpc) is 2.19. The first-order chi connectivity index (χ1) is 6.66. The Kier molecular flexibility index (Phi) is 3.93. The van der Waals surface area contributed by atoms with Crippen molar-refractivity contribution in [2.45, 2.75) is 51.0 Å². The number of carbonyl (C=O) groups excluding carboxylic acids is 1. The van der Waals surface area contributed by atoms with Gasteiger partial charge in [-0.25, -0.2) is 0 Å². The predicted octanol–water partition coefficient (Wildman–Crippen LogP) is 1.85. The molecule has 0 radical (unpaired) electrons. The Morgan fingerprint density at radius 1 is 1.43 bits per heavy atom. The summed E-state index contributed by atoms with van der Waals surface area (Å²) in [6.45, 7) is 2.00. The first kappa shape index (κ1) is 11.5. The van der Waals surface area contributed by atoms with E-state index < -0.39 is 0 Å². The van der Waals surface area contributed by atoms with Crippen molar-refractivity contribution in [2.24, 2.45) is 11.7 Å². The lowest BCUT2D eigenvalue weighted by Gasteiger charge is -2.40. The number of ether oxygens (including phenoxy) is 1. The van der Waals surface area contributed by atoms with Gasteiger partial charge < -0.3 is 10.5 Å². The lowest BCUT2D eigenvalue weighted by Crippen LogP contribution is -2.47. The van der Waals surface area contributed by atoms with Gasteiger partial charge in [-0.05, 0) is 19.3 Å². The quantitative estimate of drug-likeness (QED) is 0.751. The van der Waals surface area contributed by atoms with E-state index in [4.69, 9.17) is 10.5 Å². The number of methoxy groups -OCH3 is 1. The van der Waals surface area contributed by atoms with Crippen molar-refractivity contribution in [3.05, 3.63) is 0 Å². The number of carbonyl (C=O) groups is 1. The van der Waals surface area contributed by atoms with Crippen LogP contribution in [0.4, 0.5) is 0 Å². The minimum atomic E-state index is -0.265. The molecule has 1 fully saturated rings. The Balaban J connectivity index is 2.79. The van der Waals surface area contributed by atoms with Gasteiger partial charge in [-0.15, -0.1) is 0 Å². The zero-order valence-electron chi connectivity index (χ0n) is 9.21. The highest BCUT2D eigenvalue weighted by atomic mass is 16.5. The van der Waals surface area contributed by atoms with Crippen LogP contribution < -0.4 is 5.73 Å². The molecule has 0 saturated heterocycles. The first-order valence-electron chi connectivity index (χ1n) is 5.50. The first-order valence-corrected chi connectivity index (χ1v) is 5.50. The Bertz CT molecular complexity index is 197. The van der Waals surface area contributed by atoms with Crippen LogP contribution in [0.1, 0.15) is 45.4 Å². The molecule has 1 rings (SSSR count). The van der Waals surface area contributed by atoms with E-state index in [-0.39, 0.29) is 17.4 Å². The summed E-state index contributed by atoms with van der Waals surface area (Å²) in [5, 5.41) is 0. The summed E-state index contributed by atoms with van der Waals surface area (Å²) in [5.41, 5.74) is 5.15. The summed E-state index contributed by atoms with van der Waals surface area (Å²) in [7, 11) is 1.71. The molecular formula is C11H21NO2. The molecule has 0 heterocycles. The smallest absolute Gasteiger partial charge is 0.223 e. The van der Waals surface area contributed by atoms with Crippen LogP contribution in [0.2, 0.25) is 0 Å². The minimum absolute atomic E-state index is 0.118. The maximum atomic E-state index is 11.3. The van der Waals surface area contributed by atoms with E-state index in [2.05, 4.69) is 0 Å². The predicted molar refractivity (Wildman–Crippen MR) is 55.8 cm³/mol. The third-order valence-corrected chi connectivity index (χ3v) is 3.49. The van der Waals surface area contributed by atoms with E-state index >= 15 is 0 Å². The van der Waals surface area contributed by atoms with Crippen LogP contribution >= 0.6 is 0 Å². The van der Waals surface area contributed by atoms with Crippen LogP contribution in [0, 0.1) is 5.92 Å². The van der Waals surface area contributed by atoms with Crippen LogP contribution in [0.5, 0.6) is 0 Å². The zero-order chi connectivity index (χ0) is 10.6. The fourth-order valence-electron chi connectivity index (χ4n) is 2.68. The summed E-state index contributed by atoms with van der Waals surface area (Å²) in [5.74, 6) is -0.330. The van der Waals surface area contributed by atoms with Gasteiger partial charge in [-0.3, -0.25) is 4.79 Å². The minimum Gasteiger partial charge on any atom is -0.377 e. The Morgan fingerprint density at radius 3 is 2.36 bits per heavy atom. The van der Waals surface area contributed by atoms with Crippen molar-refractivity contribution in [1.29, 1.82) is 0 Å². The van der Waals surface area contributed by atoms with Crippen LogP contribution in [0.15, 0.2) is 0 Å². The van der Waals surface area contributed by atoms with Crippen LogP contribution in [0.3, 0.4) is 0 Å². The van der Waals surface area contributed by atoms with Gasteiger partial charge in [0.25, 0.3) is 0 Å². The highest BCUT2D eigenvalue weighted by molar-refractivity contribution is 5.78. The molecule has 1 atom stereocenters. The fourth-order valence-corrected chi connectivity index (χ4v) is 2.68. The Labute approximate surface area is 86.0 Å². The number of primary amides is 1. The molecule has 1 aliphatic carbocycles. The van der Waals surface area contributed by atoms with Gasteiger partial charge in [-0.1, -0.05) is 26.2 Å². The highest BCUT2D eigenvalue weighted by Gasteiger charge is 2.41. The van der Waals surface area contributed by atoms with Gasteiger partial charge in [0.2, 0.25) is 5.91 Å². The zero-order valence-corrected chi connectivity index (χ0v) is 9.21. The largest absolute Gasteiger partial charge is 0.377 e. The van der Waals surface area contributed by atoms with E-state index in [1.54, 1.807) is 7.11 Å². The molecule has 3 nitrogen and oxygen atoms in total. The number of hydrogen-bond acceptors (Lipinski definition) is 2. The molecule has 3 heteroatoms. The topological polar surface area (TPSA) is 52.3 Å². The SMILES string of the molecule is CCC(C(N)=O)C1(OC)CCCCC1. The Morgan fingerprint density at radius 2 is 2.00 bits per heavy atom. The third kappa shape index (κ3) is 2.08. The van der Waals surface area contributed by atoms with Gasteiger partial charge in [0.05, 0.1) is 11.5 Å². The molecule has 1 amide bonds. The van der Waals surface area contributed by atoms with Crippen molar-refractivity contribution in [1.82, 2.24) is 0 Å². The molecule has 82 valence electrons. The van der Waals surface area contributed by atoms with E-state index in [9.17, 15) is 4.79 Å². The molecule has 1 saturated carbocycles. The number of amides is 1. The van der Waals surface area contributed by atoms with E-state index in [1.165, 1.54) is 6.42 Å². The molecule has 0 aliphatic heterocycles. The van der Waals surface area contributed by atoms with Gasteiger partial charge in [0.15, 0.2) is 0 Å². The van der Waals surface area contributed by atoms with Crippen molar-refractivity contribution in [3.8, 4) is 0 Å². The van der Waals surface area contributed by atoms with Gasteiger partial charge in [0, 0.05) is 7.11 Å². The van der Waals surface area contributed by atoms with E-state index in [1.807, 2.05) is 6.92 Å². The summed E-state index contributed by atoms with van der Waals surface area (Å²) in [4.78, 5) is 11.3. The maximum absolute atomic E-state index is 11.3. The van der Waals surface area contributed by atoms with Crippen molar-refractivity contribution >= 4 is 5.91 Å². The van der Waals surface area contributed by atoms with Crippen molar-refractivity contribution < 1.29 is 9.53 Å². The number of hydrogen-bond donors (Lipinski definition) is 1. The summed E-state index contributed by atoms with van der Waals surface area (Å²) >= 11 is 0. The summed E-state index contributed by atoms with van der Waals surface area (Å²) in [6, 6.07) is 0. The molecule has 0 aromatic carbocycles. The molecule has 1 aliphatic rings. The standard InChI is InChI=1S/C11H21NO2/c1-3-9(10(12)13)11(14-2)7-5-4-6-8-11/h9H,3-8H2,1-2H3,(H2,12,13).